The molecule has 84 valence electrons. The molecule has 2 aromatic carbocycles. The van der Waals surface area contributed by atoms with Crippen molar-refractivity contribution in [3.8, 4) is 0 Å². The minimum Gasteiger partial charge on any atom is -0.380 e. The fraction of sp³-hybridized carbons (Fsp3) is 0.286. The summed E-state index contributed by atoms with van der Waals surface area (Å²) in [6.45, 7) is 0.679. The summed E-state index contributed by atoms with van der Waals surface area (Å²) in [5.74, 6) is 0. The minimum absolute atomic E-state index is 0.679. The molecule has 2 rings (SSSR count). The van der Waals surface area contributed by atoms with Crippen LogP contribution in [0.3, 0.4) is 0 Å². The first-order valence-electron chi connectivity index (χ1n) is 5.40. The second-order valence-corrected chi connectivity index (χ2v) is 4.68. The number of ether oxygens (including phenoxy) is 1. The van der Waals surface area contributed by atoms with E-state index in [1.165, 1.54) is 21.9 Å². The van der Waals surface area contributed by atoms with Crippen LogP contribution in [0.5, 0.6) is 0 Å². The molecule has 0 fully saturated rings. The first-order chi connectivity index (χ1) is 7.83. The van der Waals surface area contributed by atoms with Crippen molar-refractivity contribution >= 4 is 26.7 Å². The minimum atomic E-state index is 0.679. The van der Waals surface area contributed by atoms with E-state index in [2.05, 4.69) is 52.3 Å². The molecule has 16 heavy (non-hydrogen) atoms. The first kappa shape index (κ1) is 11.6. The van der Waals surface area contributed by atoms with Gasteiger partial charge in [-0.1, -0.05) is 46.3 Å². The van der Waals surface area contributed by atoms with E-state index in [0.29, 0.717) is 6.61 Å². The van der Waals surface area contributed by atoms with Crippen molar-refractivity contribution in [1.29, 1.82) is 0 Å². The van der Waals surface area contributed by atoms with E-state index in [1.807, 2.05) is 0 Å². The standard InChI is InChI=1S/C14H15BrO/c1-16-10-12-3-5-13-4-2-11(6-7-15)8-14(13)9-12/h2-5,8-9H,6-7,10H2,1H3. The highest BCUT2D eigenvalue weighted by atomic mass is 79.9. The fourth-order valence-corrected chi connectivity index (χ4v) is 2.32. The molecule has 0 N–H and O–H groups in total. The number of benzene rings is 2. The third-order valence-corrected chi connectivity index (χ3v) is 3.06. The Morgan fingerprint density at radius 1 is 1.00 bits per heavy atom. The molecule has 2 aromatic rings. The lowest BCUT2D eigenvalue weighted by Gasteiger charge is -2.05. The molecule has 0 saturated carbocycles. The van der Waals surface area contributed by atoms with Crippen molar-refractivity contribution in [2.45, 2.75) is 13.0 Å². The van der Waals surface area contributed by atoms with E-state index in [1.54, 1.807) is 7.11 Å². The molecule has 0 aromatic heterocycles. The van der Waals surface area contributed by atoms with Gasteiger partial charge in [0.2, 0.25) is 0 Å². The molecule has 0 radical (unpaired) electrons. The number of methoxy groups -OCH3 is 1. The second kappa shape index (κ2) is 5.46. The number of fused-ring (bicyclic) bond motifs is 1. The van der Waals surface area contributed by atoms with Gasteiger partial charge in [-0.3, -0.25) is 0 Å². The molecule has 0 aliphatic rings. The average Bonchev–Trinajstić information content (AvgIpc) is 2.29. The molecule has 0 aliphatic heterocycles. The zero-order chi connectivity index (χ0) is 11.4. The molecule has 0 saturated heterocycles. The van der Waals surface area contributed by atoms with Gasteiger partial charge in [0.15, 0.2) is 0 Å². The number of hydrogen-bond donors (Lipinski definition) is 0. The Hall–Kier alpha value is -0.860. The predicted octanol–water partition coefficient (Wildman–Crippen LogP) is 3.92. The van der Waals surface area contributed by atoms with Crippen molar-refractivity contribution in [1.82, 2.24) is 0 Å². The van der Waals surface area contributed by atoms with Gasteiger partial charge in [0.25, 0.3) is 0 Å². The highest BCUT2D eigenvalue weighted by Crippen LogP contribution is 2.19. The molecule has 0 bridgehead atoms. The largest absolute Gasteiger partial charge is 0.380 e. The van der Waals surface area contributed by atoms with Crippen molar-refractivity contribution < 1.29 is 4.74 Å². The molecule has 0 heterocycles. The second-order valence-electron chi connectivity index (χ2n) is 3.89. The molecular weight excluding hydrogens is 264 g/mol. The zero-order valence-electron chi connectivity index (χ0n) is 9.37. The van der Waals surface area contributed by atoms with Gasteiger partial charge in [0.05, 0.1) is 6.61 Å². The Balaban J connectivity index is 2.39. The van der Waals surface area contributed by atoms with Crippen LogP contribution >= 0.6 is 15.9 Å². The SMILES string of the molecule is COCc1ccc2ccc(CCBr)cc2c1. The smallest absolute Gasteiger partial charge is 0.0713 e. The normalized spacial score (nSPS) is 10.9. The van der Waals surface area contributed by atoms with Crippen LogP contribution in [0.2, 0.25) is 0 Å². The van der Waals surface area contributed by atoms with Gasteiger partial charge in [0, 0.05) is 12.4 Å². The van der Waals surface area contributed by atoms with Crippen LogP contribution in [0.1, 0.15) is 11.1 Å². The fourth-order valence-electron chi connectivity index (χ4n) is 1.87. The summed E-state index contributed by atoms with van der Waals surface area (Å²) < 4.78 is 5.15. The molecule has 0 unspecified atom stereocenters. The number of rotatable bonds is 4. The zero-order valence-corrected chi connectivity index (χ0v) is 11.0. The summed E-state index contributed by atoms with van der Waals surface area (Å²) in [5, 5.41) is 3.60. The monoisotopic (exact) mass is 278 g/mol. The molecule has 0 atom stereocenters. The van der Waals surface area contributed by atoms with Gasteiger partial charge in [-0.05, 0) is 34.4 Å². The average molecular weight is 279 g/mol. The first-order valence-corrected chi connectivity index (χ1v) is 6.52. The third kappa shape index (κ3) is 2.63. The maximum Gasteiger partial charge on any atom is 0.0713 e. The molecule has 0 amide bonds. The molecule has 1 nitrogen and oxygen atoms in total. The van der Waals surface area contributed by atoms with E-state index >= 15 is 0 Å². The van der Waals surface area contributed by atoms with Crippen LogP contribution in [0.4, 0.5) is 0 Å². The van der Waals surface area contributed by atoms with Gasteiger partial charge >= 0.3 is 0 Å². The lowest BCUT2D eigenvalue weighted by molar-refractivity contribution is 0.185. The van der Waals surface area contributed by atoms with Crippen LogP contribution in [0.25, 0.3) is 10.8 Å². The highest BCUT2D eigenvalue weighted by Gasteiger charge is 1.98. The number of hydrogen-bond acceptors (Lipinski definition) is 1. The molecule has 0 aliphatic carbocycles. The third-order valence-electron chi connectivity index (χ3n) is 2.66. The topological polar surface area (TPSA) is 9.23 Å². The Morgan fingerprint density at radius 3 is 2.38 bits per heavy atom. The Kier molecular flexibility index (Phi) is 3.97. The van der Waals surface area contributed by atoms with E-state index in [9.17, 15) is 0 Å². The maximum atomic E-state index is 5.15. The van der Waals surface area contributed by atoms with Crippen molar-refractivity contribution in [3.63, 3.8) is 0 Å². The summed E-state index contributed by atoms with van der Waals surface area (Å²) in [7, 11) is 1.73. The van der Waals surface area contributed by atoms with E-state index < -0.39 is 0 Å². The maximum absolute atomic E-state index is 5.15. The quantitative estimate of drug-likeness (QED) is 0.771. The van der Waals surface area contributed by atoms with E-state index in [-0.39, 0.29) is 0 Å². The summed E-state index contributed by atoms with van der Waals surface area (Å²) in [5.41, 5.74) is 2.60. The van der Waals surface area contributed by atoms with Crippen molar-refractivity contribution in [2.24, 2.45) is 0 Å². The molecular formula is C14H15BrO. The predicted molar refractivity (Wildman–Crippen MR) is 72.2 cm³/mol. The van der Waals surface area contributed by atoms with Crippen molar-refractivity contribution in [2.75, 3.05) is 12.4 Å². The lowest BCUT2D eigenvalue weighted by atomic mass is 10.0. The van der Waals surface area contributed by atoms with Crippen molar-refractivity contribution in [3.05, 3.63) is 47.5 Å². The van der Waals surface area contributed by atoms with Gasteiger partial charge in [-0.25, -0.2) is 0 Å². The number of alkyl halides is 1. The number of aryl methyl sites for hydroxylation is 1. The summed E-state index contributed by atoms with van der Waals surface area (Å²) in [6, 6.07) is 13.1. The van der Waals surface area contributed by atoms with Crippen LogP contribution in [-0.2, 0) is 17.8 Å². The van der Waals surface area contributed by atoms with Gasteiger partial charge < -0.3 is 4.74 Å². The molecule has 2 heteroatoms. The number of halogens is 1. The summed E-state index contributed by atoms with van der Waals surface area (Å²) in [6.07, 6.45) is 1.07. The van der Waals surface area contributed by atoms with Gasteiger partial charge in [0.1, 0.15) is 0 Å². The highest BCUT2D eigenvalue weighted by molar-refractivity contribution is 9.09. The Bertz CT molecular complexity index is 438. The Morgan fingerprint density at radius 2 is 1.69 bits per heavy atom. The van der Waals surface area contributed by atoms with E-state index in [4.69, 9.17) is 4.74 Å². The van der Waals surface area contributed by atoms with Crippen LogP contribution in [0, 0.1) is 0 Å². The van der Waals surface area contributed by atoms with Crippen LogP contribution in [-0.4, -0.2) is 12.4 Å². The van der Waals surface area contributed by atoms with E-state index in [0.717, 1.165) is 11.8 Å². The van der Waals surface area contributed by atoms with Gasteiger partial charge in [-0.2, -0.15) is 0 Å². The van der Waals surface area contributed by atoms with Crippen LogP contribution < -0.4 is 0 Å². The van der Waals surface area contributed by atoms with Crippen LogP contribution in [0.15, 0.2) is 36.4 Å². The summed E-state index contributed by atoms with van der Waals surface area (Å²) >= 11 is 3.47. The lowest BCUT2D eigenvalue weighted by Crippen LogP contribution is -1.89. The van der Waals surface area contributed by atoms with Gasteiger partial charge in [-0.15, -0.1) is 0 Å². The molecule has 0 spiro atoms. The Labute approximate surface area is 105 Å². The summed E-state index contributed by atoms with van der Waals surface area (Å²) in [4.78, 5) is 0.